The topological polar surface area (TPSA) is 6.48 Å². The minimum Gasteiger partial charge on any atom is -0.334 e. The fourth-order valence-electron chi connectivity index (χ4n) is 12.4. The highest BCUT2D eigenvalue weighted by atomic mass is 19.1. The number of halogens is 2. The second kappa shape index (κ2) is 12.1. The molecule has 5 aliphatic rings. The fraction of sp³-hybridized carbons (Fsp3) is 0.321. The molecule has 0 aromatic heterocycles. The Morgan fingerprint density at radius 3 is 1.28 bits per heavy atom. The summed E-state index contributed by atoms with van der Waals surface area (Å²) < 4.78 is 29.3. The van der Waals surface area contributed by atoms with Gasteiger partial charge in [0.25, 0.3) is 0 Å². The van der Waals surface area contributed by atoms with Crippen molar-refractivity contribution >= 4 is 22.7 Å². The Morgan fingerprint density at radius 1 is 0.439 bits per heavy atom. The van der Waals surface area contributed by atoms with Crippen LogP contribution < -0.4 is 9.80 Å². The molecule has 286 valence electrons. The van der Waals surface area contributed by atoms with Crippen molar-refractivity contribution in [3.8, 4) is 33.4 Å². The molecule has 0 bridgehead atoms. The smallest absolute Gasteiger partial charge is 0.125 e. The molecule has 57 heavy (non-hydrogen) atoms. The van der Waals surface area contributed by atoms with Gasteiger partial charge in [0, 0.05) is 33.6 Å². The molecule has 6 aromatic rings. The van der Waals surface area contributed by atoms with Gasteiger partial charge in [0.1, 0.15) is 11.6 Å². The van der Waals surface area contributed by atoms with E-state index in [1.54, 1.807) is 24.3 Å². The zero-order chi connectivity index (χ0) is 38.9. The van der Waals surface area contributed by atoms with Crippen molar-refractivity contribution in [3.05, 3.63) is 155 Å². The molecule has 4 heteroatoms. The number of fused-ring (bicyclic) bond motifs is 9. The summed E-state index contributed by atoms with van der Waals surface area (Å²) in [6.45, 7) is 9.69. The highest BCUT2D eigenvalue weighted by Gasteiger charge is 2.59. The number of hydrogen-bond donors (Lipinski definition) is 0. The maximum Gasteiger partial charge on any atom is 0.125 e. The Hall–Kier alpha value is -5.22. The van der Waals surface area contributed by atoms with Gasteiger partial charge >= 0.3 is 0 Å². The maximum atomic E-state index is 14.6. The van der Waals surface area contributed by atoms with Crippen molar-refractivity contribution in [3.63, 3.8) is 0 Å². The van der Waals surface area contributed by atoms with Crippen LogP contribution in [0, 0.1) is 11.6 Å². The van der Waals surface area contributed by atoms with E-state index in [2.05, 4.69) is 122 Å². The number of hydrogen-bond acceptors (Lipinski definition) is 2. The predicted octanol–water partition coefficient (Wildman–Crippen LogP) is 14.4. The van der Waals surface area contributed by atoms with Crippen LogP contribution >= 0.6 is 0 Å². The van der Waals surface area contributed by atoms with Gasteiger partial charge in [-0.2, -0.15) is 0 Å². The lowest BCUT2D eigenvalue weighted by atomic mass is 9.61. The molecule has 3 aliphatic carbocycles. The third-order valence-electron chi connectivity index (χ3n) is 15.9. The Bertz CT molecular complexity index is 2460. The van der Waals surface area contributed by atoms with Crippen molar-refractivity contribution in [1.29, 1.82) is 0 Å². The molecule has 2 heterocycles. The van der Waals surface area contributed by atoms with E-state index in [0.29, 0.717) is 0 Å². The van der Waals surface area contributed by atoms with Crippen LogP contribution in [-0.4, -0.2) is 11.1 Å². The van der Waals surface area contributed by atoms with Gasteiger partial charge in [-0.05, 0) is 174 Å². The van der Waals surface area contributed by atoms with E-state index in [1.807, 2.05) is 12.1 Å². The maximum absolute atomic E-state index is 14.6. The van der Waals surface area contributed by atoms with Gasteiger partial charge in [0.2, 0.25) is 0 Å². The van der Waals surface area contributed by atoms with Gasteiger partial charge in [0.15, 0.2) is 0 Å². The summed E-state index contributed by atoms with van der Waals surface area (Å²) in [5.74, 6) is -0.379. The average Bonchev–Trinajstić information content (AvgIpc) is 3.75. The van der Waals surface area contributed by atoms with Crippen molar-refractivity contribution in [2.75, 3.05) is 9.80 Å². The second-order valence-electron chi connectivity index (χ2n) is 18.6. The molecule has 2 fully saturated rings. The third kappa shape index (κ3) is 4.79. The van der Waals surface area contributed by atoms with Crippen LogP contribution in [0.5, 0.6) is 0 Å². The van der Waals surface area contributed by atoms with Gasteiger partial charge in [-0.15, -0.1) is 0 Å². The van der Waals surface area contributed by atoms with Crippen LogP contribution in [0.3, 0.4) is 0 Å². The number of nitrogens with zero attached hydrogens (tertiary/aromatic N) is 2. The summed E-state index contributed by atoms with van der Waals surface area (Å²) in [6, 6.07) is 42.5. The lowest BCUT2D eigenvalue weighted by molar-refractivity contribution is 0.195. The van der Waals surface area contributed by atoms with E-state index < -0.39 is 0 Å². The first-order valence-electron chi connectivity index (χ1n) is 21.2. The molecular formula is C53H50F2N2. The molecule has 4 unspecified atom stereocenters. The van der Waals surface area contributed by atoms with Crippen molar-refractivity contribution in [2.45, 2.75) is 107 Å². The molecule has 0 N–H and O–H groups in total. The molecule has 0 radical (unpaired) electrons. The Morgan fingerprint density at radius 2 is 0.842 bits per heavy atom. The minimum absolute atomic E-state index is 0.0442. The molecular weight excluding hydrogens is 703 g/mol. The summed E-state index contributed by atoms with van der Waals surface area (Å²) in [6.07, 6.45) is 10.1. The molecule has 6 aromatic carbocycles. The van der Waals surface area contributed by atoms with E-state index in [1.165, 1.54) is 92.7 Å². The second-order valence-corrected chi connectivity index (χ2v) is 18.6. The van der Waals surface area contributed by atoms with E-state index in [4.69, 9.17) is 0 Å². The standard InChI is InChI=1S/C53H50F2N2/c1-50-23-5-7-25-52(50,3)56(42-13-9-11-40(54)32-42)48-21-19-36(30-46(48)50)34-15-17-38-27-39-18-16-35(29-45(39)44(38)28-34)37-20-22-49-47(31-37)51(2)24-6-8-26-53(51,4)57(49)43-14-10-12-41(55)33-43/h9-22,28-33H,5-8,23-27H2,1-4H3. The molecule has 2 aliphatic heterocycles. The summed E-state index contributed by atoms with van der Waals surface area (Å²) in [5, 5.41) is 0. The quantitative estimate of drug-likeness (QED) is 0.177. The van der Waals surface area contributed by atoms with Gasteiger partial charge in [-0.3, -0.25) is 0 Å². The SMILES string of the molecule is CC12CCCCC1(C)N(c1cccc(F)c1)c1ccc(-c3ccc4c(c3)-c3cc(-c5ccc6c(c5)C5(C)CCCCC5(C)N6c5cccc(F)c5)ccc3C4)cc12. The molecule has 2 saturated carbocycles. The van der Waals surface area contributed by atoms with Gasteiger partial charge in [0.05, 0.1) is 11.1 Å². The Kier molecular flexibility index (Phi) is 7.46. The largest absolute Gasteiger partial charge is 0.334 e. The number of anilines is 4. The van der Waals surface area contributed by atoms with Crippen molar-refractivity contribution < 1.29 is 8.78 Å². The van der Waals surface area contributed by atoms with E-state index in [-0.39, 0.29) is 33.5 Å². The zero-order valence-corrected chi connectivity index (χ0v) is 33.6. The van der Waals surface area contributed by atoms with E-state index >= 15 is 0 Å². The fourth-order valence-corrected chi connectivity index (χ4v) is 12.4. The van der Waals surface area contributed by atoms with Crippen LogP contribution in [0.4, 0.5) is 31.5 Å². The molecule has 0 spiro atoms. The van der Waals surface area contributed by atoms with Crippen LogP contribution in [-0.2, 0) is 17.3 Å². The zero-order valence-electron chi connectivity index (χ0n) is 33.6. The van der Waals surface area contributed by atoms with Crippen LogP contribution in [0.25, 0.3) is 33.4 Å². The Labute approximate surface area is 336 Å². The lowest BCUT2D eigenvalue weighted by Crippen LogP contribution is -2.54. The molecule has 2 nitrogen and oxygen atoms in total. The first kappa shape index (κ1) is 35.0. The Balaban J connectivity index is 0.974. The van der Waals surface area contributed by atoms with Crippen LogP contribution in [0.2, 0.25) is 0 Å². The first-order chi connectivity index (χ1) is 27.5. The minimum atomic E-state index is -0.189. The third-order valence-corrected chi connectivity index (χ3v) is 15.9. The summed E-state index contributed by atoms with van der Waals surface area (Å²) in [5.41, 5.74) is 17.1. The highest BCUT2D eigenvalue weighted by Crippen LogP contribution is 2.63. The summed E-state index contributed by atoms with van der Waals surface area (Å²) >= 11 is 0. The predicted molar refractivity (Wildman–Crippen MR) is 231 cm³/mol. The summed E-state index contributed by atoms with van der Waals surface area (Å²) in [4.78, 5) is 4.89. The van der Waals surface area contributed by atoms with Crippen molar-refractivity contribution in [2.24, 2.45) is 0 Å². The summed E-state index contributed by atoms with van der Waals surface area (Å²) in [7, 11) is 0. The highest BCUT2D eigenvalue weighted by molar-refractivity contribution is 5.87. The molecule has 11 rings (SSSR count). The number of rotatable bonds is 4. The molecule has 0 amide bonds. The lowest BCUT2D eigenvalue weighted by Gasteiger charge is -2.50. The van der Waals surface area contributed by atoms with E-state index in [0.717, 1.165) is 43.5 Å². The molecule has 0 saturated heterocycles. The normalized spacial score (nSPS) is 26.7. The number of benzene rings is 6. The molecule has 4 atom stereocenters. The average molecular weight is 753 g/mol. The van der Waals surface area contributed by atoms with Crippen LogP contribution in [0.1, 0.15) is 101 Å². The van der Waals surface area contributed by atoms with Crippen LogP contribution in [0.15, 0.2) is 121 Å². The van der Waals surface area contributed by atoms with E-state index in [9.17, 15) is 8.78 Å². The van der Waals surface area contributed by atoms with Gasteiger partial charge < -0.3 is 9.80 Å². The van der Waals surface area contributed by atoms with Gasteiger partial charge in [-0.25, -0.2) is 8.78 Å². The van der Waals surface area contributed by atoms with Gasteiger partial charge in [-0.1, -0.05) is 88.1 Å². The first-order valence-corrected chi connectivity index (χ1v) is 21.2. The monoisotopic (exact) mass is 752 g/mol. The van der Waals surface area contributed by atoms with Crippen molar-refractivity contribution in [1.82, 2.24) is 0 Å².